The number of hydrogen-bond acceptors (Lipinski definition) is 3. The number of aromatic nitrogens is 1. The van der Waals surface area contributed by atoms with Gasteiger partial charge in [0, 0.05) is 17.1 Å². The molecular weight excluding hydrogens is 255 g/mol. The van der Waals surface area contributed by atoms with E-state index >= 15 is 0 Å². The molecule has 0 atom stereocenters. The van der Waals surface area contributed by atoms with Crippen molar-refractivity contribution in [2.24, 2.45) is 0 Å². The second-order valence-corrected chi connectivity index (χ2v) is 4.03. The first kappa shape index (κ1) is 12.6. The highest BCUT2D eigenvalue weighted by atomic mass is 35.5. The Morgan fingerprint density at radius 2 is 2.06 bits per heavy atom. The molecule has 0 unspecified atom stereocenters. The number of hydrogen-bond donors (Lipinski definition) is 1. The van der Waals surface area contributed by atoms with Crippen LogP contribution in [-0.4, -0.2) is 12.1 Å². The molecule has 1 aromatic carbocycles. The van der Waals surface area contributed by atoms with Gasteiger partial charge in [0.2, 0.25) is 5.95 Å². The van der Waals surface area contributed by atoms with Gasteiger partial charge in [0.05, 0.1) is 7.11 Å². The van der Waals surface area contributed by atoms with E-state index in [1.807, 2.05) is 12.1 Å². The number of halogens is 2. The van der Waals surface area contributed by atoms with Crippen LogP contribution in [0.5, 0.6) is 5.75 Å². The molecular formula is C13H12ClFN2O. The van der Waals surface area contributed by atoms with Crippen molar-refractivity contribution in [3.8, 4) is 5.75 Å². The van der Waals surface area contributed by atoms with Crippen molar-refractivity contribution in [2.75, 3.05) is 12.4 Å². The van der Waals surface area contributed by atoms with E-state index in [0.717, 1.165) is 5.56 Å². The number of rotatable bonds is 4. The van der Waals surface area contributed by atoms with Gasteiger partial charge >= 0.3 is 0 Å². The summed E-state index contributed by atoms with van der Waals surface area (Å²) in [7, 11) is 1.58. The number of anilines is 1. The van der Waals surface area contributed by atoms with Crippen LogP contribution in [0.1, 0.15) is 5.56 Å². The molecule has 2 rings (SSSR count). The van der Waals surface area contributed by atoms with Crippen molar-refractivity contribution in [3.05, 3.63) is 52.9 Å². The van der Waals surface area contributed by atoms with Gasteiger partial charge in [0.1, 0.15) is 11.6 Å². The van der Waals surface area contributed by atoms with Crippen LogP contribution in [0.15, 0.2) is 36.4 Å². The van der Waals surface area contributed by atoms with Gasteiger partial charge in [-0.2, -0.15) is 4.39 Å². The summed E-state index contributed by atoms with van der Waals surface area (Å²) >= 11 is 6.09. The van der Waals surface area contributed by atoms with Gasteiger partial charge in [-0.1, -0.05) is 23.7 Å². The second-order valence-electron chi connectivity index (χ2n) is 3.62. The molecule has 1 N–H and O–H groups in total. The first-order valence-electron chi connectivity index (χ1n) is 5.38. The van der Waals surface area contributed by atoms with Crippen molar-refractivity contribution in [2.45, 2.75) is 6.54 Å². The van der Waals surface area contributed by atoms with Gasteiger partial charge in [-0.05, 0) is 24.3 Å². The summed E-state index contributed by atoms with van der Waals surface area (Å²) in [5, 5.41) is 3.60. The summed E-state index contributed by atoms with van der Waals surface area (Å²) in [6, 6.07) is 9.98. The van der Waals surface area contributed by atoms with E-state index in [1.165, 1.54) is 6.07 Å². The lowest BCUT2D eigenvalue weighted by Crippen LogP contribution is -2.04. The summed E-state index contributed by atoms with van der Waals surface area (Å²) in [5.74, 6) is 0.620. The zero-order valence-electron chi connectivity index (χ0n) is 9.78. The highest BCUT2D eigenvalue weighted by molar-refractivity contribution is 6.31. The van der Waals surface area contributed by atoms with Gasteiger partial charge in [-0.15, -0.1) is 0 Å². The monoisotopic (exact) mass is 266 g/mol. The average Bonchev–Trinajstić information content (AvgIpc) is 2.37. The molecule has 0 saturated carbocycles. The smallest absolute Gasteiger partial charge is 0.214 e. The number of nitrogens with zero attached hydrogens (tertiary/aromatic N) is 1. The molecule has 0 aliphatic rings. The minimum absolute atomic E-state index is 0.416. The largest absolute Gasteiger partial charge is 0.496 e. The Morgan fingerprint density at radius 1 is 1.28 bits per heavy atom. The molecule has 0 spiro atoms. The molecule has 94 valence electrons. The number of nitrogens with one attached hydrogen (secondary N) is 1. The number of benzene rings is 1. The molecule has 3 nitrogen and oxygen atoms in total. The average molecular weight is 267 g/mol. The Morgan fingerprint density at radius 3 is 2.78 bits per heavy atom. The molecule has 0 saturated heterocycles. The Bertz CT molecular complexity index is 548. The van der Waals surface area contributed by atoms with Crippen LogP contribution in [0.25, 0.3) is 0 Å². The highest BCUT2D eigenvalue weighted by Crippen LogP contribution is 2.26. The number of ether oxygens (including phenoxy) is 1. The maximum absolute atomic E-state index is 12.9. The summed E-state index contributed by atoms with van der Waals surface area (Å²) in [6.45, 7) is 0.416. The van der Waals surface area contributed by atoms with Crippen LogP contribution in [0.3, 0.4) is 0 Å². The molecule has 1 aromatic heterocycles. The van der Waals surface area contributed by atoms with Gasteiger partial charge in [-0.3, -0.25) is 0 Å². The molecule has 0 aliphatic carbocycles. The zero-order valence-corrected chi connectivity index (χ0v) is 10.5. The maximum atomic E-state index is 12.9. The maximum Gasteiger partial charge on any atom is 0.214 e. The van der Waals surface area contributed by atoms with E-state index in [1.54, 1.807) is 25.3 Å². The van der Waals surface area contributed by atoms with E-state index in [2.05, 4.69) is 10.3 Å². The lowest BCUT2D eigenvalue weighted by Gasteiger charge is -2.11. The molecule has 2 aromatic rings. The molecule has 0 fully saturated rings. The van der Waals surface area contributed by atoms with Crippen molar-refractivity contribution >= 4 is 17.4 Å². The van der Waals surface area contributed by atoms with E-state index in [4.69, 9.17) is 16.3 Å². The van der Waals surface area contributed by atoms with E-state index in [9.17, 15) is 4.39 Å². The third-order valence-electron chi connectivity index (χ3n) is 2.46. The fraction of sp³-hybridized carbons (Fsp3) is 0.154. The molecule has 18 heavy (non-hydrogen) atoms. The number of pyridine rings is 1. The van der Waals surface area contributed by atoms with Crippen molar-refractivity contribution in [3.63, 3.8) is 0 Å². The van der Waals surface area contributed by atoms with Gasteiger partial charge < -0.3 is 10.1 Å². The van der Waals surface area contributed by atoms with Gasteiger partial charge in [0.25, 0.3) is 0 Å². The Labute approximate surface area is 110 Å². The predicted molar refractivity (Wildman–Crippen MR) is 69.5 cm³/mol. The van der Waals surface area contributed by atoms with Crippen molar-refractivity contribution < 1.29 is 9.13 Å². The van der Waals surface area contributed by atoms with E-state index < -0.39 is 5.95 Å². The molecule has 0 aliphatic heterocycles. The van der Waals surface area contributed by atoms with Crippen molar-refractivity contribution in [1.29, 1.82) is 0 Å². The van der Waals surface area contributed by atoms with Crippen LogP contribution in [0.2, 0.25) is 5.02 Å². The molecule has 1 heterocycles. The fourth-order valence-electron chi connectivity index (χ4n) is 1.59. The molecule has 0 amide bonds. The second kappa shape index (κ2) is 5.69. The standard InChI is InChI=1S/C13H12ClFN2O/c1-18-11-5-2-4-10(14)9(11)8-16-13-7-3-6-12(15)17-13/h2-7H,8H2,1H3,(H,16,17). The van der Waals surface area contributed by atoms with E-state index in [-0.39, 0.29) is 0 Å². The predicted octanol–water partition coefficient (Wildman–Crippen LogP) is 3.49. The number of methoxy groups -OCH3 is 1. The van der Waals surface area contributed by atoms with Gasteiger partial charge in [-0.25, -0.2) is 4.98 Å². The minimum Gasteiger partial charge on any atom is -0.496 e. The van der Waals surface area contributed by atoms with Crippen LogP contribution in [-0.2, 0) is 6.54 Å². The summed E-state index contributed by atoms with van der Waals surface area (Å²) < 4.78 is 18.1. The van der Waals surface area contributed by atoms with E-state index in [0.29, 0.717) is 23.1 Å². The Balaban J connectivity index is 2.15. The van der Waals surface area contributed by atoms with Gasteiger partial charge in [0.15, 0.2) is 0 Å². The van der Waals surface area contributed by atoms with Crippen LogP contribution >= 0.6 is 11.6 Å². The normalized spacial score (nSPS) is 10.2. The zero-order chi connectivity index (χ0) is 13.0. The summed E-state index contributed by atoms with van der Waals surface area (Å²) in [5.41, 5.74) is 0.813. The quantitative estimate of drug-likeness (QED) is 0.860. The third kappa shape index (κ3) is 2.90. The Kier molecular flexibility index (Phi) is 3.99. The SMILES string of the molecule is COc1cccc(Cl)c1CNc1cccc(F)n1. The third-order valence-corrected chi connectivity index (χ3v) is 2.81. The summed E-state index contributed by atoms with van der Waals surface area (Å²) in [4.78, 5) is 3.71. The first-order chi connectivity index (χ1) is 8.70. The molecule has 5 heteroatoms. The minimum atomic E-state index is -0.522. The fourth-order valence-corrected chi connectivity index (χ4v) is 1.82. The topological polar surface area (TPSA) is 34.1 Å². The summed E-state index contributed by atoms with van der Waals surface area (Å²) in [6.07, 6.45) is 0. The lowest BCUT2D eigenvalue weighted by molar-refractivity contribution is 0.410. The van der Waals surface area contributed by atoms with Crippen LogP contribution < -0.4 is 10.1 Å². The van der Waals surface area contributed by atoms with Crippen molar-refractivity contribution in [1.82, 2.24) is 4.98 Å². The lowest BCUT2D eigenvalue weighted by atomic mass is 10.2. The molecule has 0 bridgehead atoms. The van der Waals surface area contributed by atoms with Crippen LogP contribution in [0.4, 0.5) is 10.2 Å². The first-order valence-corrected chi connectivity index (χ1v) is 5.76. The van der Waals surface area contributed by atoms with Crippen LogP contribution in [0, 0.1) is 5.95 Å². The Hall–Kier alpha value is -1.81. The highest BCUT2D eigenvalue weighted by Gasteiger charge is 2.07. The molecule has 0 radical (unpaired) electrons.